The molecular formula is C13H14F2O2. The molecule has 1 aliphatic carbocycles. The van der Waals surface area contributed by atoms with Crippen LogP contribution in [-0.2, 0) is 6.42 Å². The fraction of sp³-hybridized carbons (Fsp3) is 0.462. The van der Waals surface area contributed by atoms with E-state index in [4.69, 9.17) is 5.11 Å². The van der Waals surface area contributed by atoms with Gasteiger partial charge in [-0.25, -0.2) is 13.6 Å². The molecule has 1 N–H and O–H groups in total. The maximum Gasteiger partial charge on any atom is 0.335 e. The molecule has 2 nitrogen and oxygen atoms in total. The van der Waals surface area contributed by atoms with Crippen molar-refractivity contribution in [2.75, 3.05) is 0 Å². The van der Waals surface area contributed by atoms with Gasteiger partial charge in [0.25, 0.3) is 0 Å². The van der Waals surface area contributed by atoms with E-state index in [9.17, 15) is 13.6 Å². The van der Waals surface area contributed by atoms with Crippen molar-refractivity contribution in [1.29, 1.82) is 0 Å². The number of hydrogen-bond donors (Lipinski definition) is 1. The molecule has 0 bridgehead atoms. The Hall–Kier alpha value is -1.45. The molecule has 92 valence electrons. The number of hydrogen-bond acceptors (Lipinski definition) is 1. The minimum Gasteiger partial charge on any atom is -0.478 e. The van der Waals surface area contributed by atoms with Gasteiger partial charge in [-0.3, -0.25) is 0 Å². The highest BCUT2D eigenvalue weighted by Crippen LogP contribution is 2.33. The fourth-order valence-corrected chi connectivity index (χ4v) is 2.41. The average Bonchev–Trinajstić information content (AvgIpc) is 2.58. The van der Waals surface area contributed by atoms with E-state index in [0.717, 1.165) is 0 Å². The summed E-state index contributed by atoms with van der Waals surface area (Å²) in [7, 11) is 0. The molecule has 17 heavy (non-hydrogen) atoms. The summed E-state index contributed by atoms with van der Waals surface area (Å²) in [6.45, 7) is 0. The van der Waals surface area contributed by atoms with Crippen molar-refractivity contribution in [3.05, 3.63) is 35.4 Å². The first-order chi connectivity index (χ1) is 8.08. The van der Waals surface area contributed by atoms with E-state index >= 15 is 0 Å². The van der Waals surface area contributed by atoms with Gasteiger partial charge in [-0.05, 0) is 36.8 Å². The van der Waals surface area contributed by atoms with Crippen LogP contribution in [0.1, 0.15) is 28.8 Å². The molecule has 0 radical (unpaired) electrons. The van der Waals surface area contributed by atoms with Crippen LogP contribution < -0.4 is 0 Å². The Morgan fingerprint density at radius 1 is 1.24 bits per heavy atom. The summed E-state index contributed by atoms with van der Waals surface area (Å²) in [5.74, 6) is -1.09. The van der Waals surface area contributed by atoms with Crippen molar-refractivity contribution < 1.29 is 18.7 Å². The summed E-state index contributed by atoms with van der Waals surface area (Å²) in [4.78, 5) is 11.0. The summed E-state index contributed by atoms with van der Waals surface area (Å²) in [5, 5.41) is 9.00. The number of carbonyl (C=O) groups is 1. The Morgan fingerprint density at radius 3 is 2.41 bits per heavy atom. The highest BCUT2D eigenvalue weighted by Gasteiger charge is 2.34. The molecule has 0 aromatic heterocycles. The van der Waals surface area contributed by atoms with Crippen molar-refractivity contribution >= 4 is 5.97 Å². The van der Waals surface area contributed by atoms with Crippen LogP contribution in [0.4, 0.5) is 8.78 Å². The van der Waals surface area contributed by atoms with Crippen LogP contribution >= 0.6 is 0 Å². The predicted octanol–water partition coefficient (Wildman–Crippen LogP) is 3.01. The molecule has 1 unspecified atom stereocenters. The van der Waals surface area contributed by atoms with E-state index in [1.54, 1.807) is 18.2 Å². The zero-order valence-corrected chi connectivity index (χ0v) is 9.27. The third kappa shape index (κ3) is 2.62. The number of halogens is 2. The summed E-state index contributed by atoms with van der Waals surface area (Å²) in [5.41, 5.74) is 0.886. The van der Waals surface area contributed by atoms with Gasteiger partial charge in [-0.1, -0.05) is 18.2 Å². The topological polar surface area (TPSA) is 37.3 Å². The molecule has 1 fully saturated rings. The molecule has 2 rings (SSSR count). The smallest absolute Gasteiger partial charge is 0.335 e. The SMILES string of the molecule is O=C(O)c1ccccc1CC1C[C@@H](F)[C@@H](F)C1. The van der Waals surface area contributed by atoms with Crippen LogP contribution in [0.15, 0.2) is 24.3 Å². The lowest BCUT2D eigenvalue weighted by Crippen LogP contribution is -2.07. The molecule has 0 aliphatic heterocycles. The monoisotopic (exact) mass is 240 g/mol. The van der Waals surface area contributed by atoms with Gasteiger partial charge >= 0.3 is 5.97 Å². The number of alkyl halides is 2. The van der Waals surface area contributed by atoms with Crippen molar-refractivity contribution in [3.8, 4) is 0 Å². The molecule has 0 spiro atoms. The predicted molar refractivity (Wildman–Crippen MR) is 59.6 cm³/mol. The van der Waals surface area contributed by atoms with Crippen molar-refractivity contribution in [1.82, 2.24) is 0 Å². The number of aromatic carboxylic acids is 1. The zero-order valence-electron chi connectivity index (χ0n) is 9.27. The number of carboxylic acid groups (broad SMARTS) is 1. The van der Waals surface area contributed by atoms with Crippen LogP contribution in [0.3, 0.4) is 0 Å². The second-order valence-electron chi connectivity index (χ2n) is 4.54. The van der Waals surface area contributed by atoms with E-state index in [0.29, 0.717) is 12.0 Å². The minimum absolute atomic E-state index is 0.0968. The van der Waals surface area contributed by atoms with Gasteiger partial charge < -0.3 is 5.11 Å². The molecule has 1 aliphatic rings. The number of benzene rings is 1. The fourth-order valence-electron chi connectivity index (χ4n) is 2.41. The van der Waals surface area contributed by atoms with Crippen LogP contribution in [0, 0.1) is 5.92 Å². The summed E-state index contributed by atoms with van der Waals surface area (Å²) in [6, 6.07) is 6.63. The van der Waals surface area contributed by atoms with Crippen molar-refractivity contribution in [2.45, 2.75) is 31.6 Å². The molecule has 0 saturated heterocycles. The second kappa shape index (κ2) is 4.82. The largest absolute Gasteiger partial charge is 0.478 e. The van der Waals surface area contributed by atoms with E-state index < -0.39 is 18.3 Å². The van der Waals surface area contributed by atoms with E-state index in [1.807, 2.05) is 0 Å². The van der Waals surface area contributed by atoms with Crippen LogP contribution in [0.25, 0.3) is 0 Å². The maximum atomic E-state index is 13.0. The Bertz CT molecular complexity index is 410. The molecule has 0 amide bonds. The first kappa shape index (κ1) is 12.0. The lowest BCUT2D eigenvalue weighted by Gasteiger charge is -2.10. The third-order valence-electron chi connectivity index (χ3n) is 3.27. The summed E-state index contributed by atoms with van der Waals surface area (Å²) >= 11 is 0. The Labute approximate surface area is 98.3 Å². The van der Waals surface area contributed by atoms with Crippen LogP contribution in [0.5, 0.6) is 0 Å². The lowest BCUT2D eigenvalue weighted by atomic mass is 9.94. The number of carboxylic acids is 1. The Kier molecular flexibility index (Phi) is 3.41. The third-order valence-corrected chi connectivity index (χ3v) is 3.27. The normalized spacial score (nSPS) is 28.2. The van der Waals surface area contributed by atoms with Crippen molar-refractivity contribution in [3.63, 3.8) is 0 Å². The molecule has 3 atom stereocenters. The Balaban J connectivity index is 2.11. The van der Waals surface area contributed by atoms with Gasteiger partial charge in [0.15, 0.2) is 0 Å². The second-order valence-corrected chi connectivity index (χ2v) is 4.54. The maximum absolute atomic E-state index is 13.0. The summed E-state index contributed by atoms with van der Waals surface area (Å²) in [6.07, 6.45) is -1.97. The standard InChI is InChI=1S/C13H14F2O2/c14-11-6-8(7-12(11)15)5-9-3-1-2-4-10(9)13(16)17/h1-4,8,11-12H,5-7H2,(H,16,17)/t8?,11-,12+. The molecule has 0 heterocycles. The Morgan fingerprint density at radius 2 is 1.82 bits per heavy atom. The van der Waals surface area contributed by atoms with Gasteiger partial charge in [0.1, 0.15) is 12.3 Å². The van der Waals surface area contributed by atoms with E-state index in [-0.39, 0.29) is 24.3 Å². The zero-order chi connectivity index (χ0) is 12.4. The average molecular weight is 240 g/mol. The van der Waals surface area contributed by atoms with E-state index in [2.05, 4.69) is 0 Å². The molecule has 1 saturated carbocycles. The van der Waals surface area contributed by atoms with Gasteiger partial charge in [0, 0.05) is 0 Å². The van der Waals surface area contributed by atoms with Crippen LogP contribution in [0.2, 0.25) is 0 Å². The first-order valence-corrected chi connectivity index (χ1v) is 5.67. The molecule has 4 heteroatoms. The van der Waals surface area contributed by atoms with Gasteiger partial charge in [0.2, 0.25) is 0 Å². The van der Waals surface area contributed by atoms with Gasteiger partial charge in [0.05, 0.1) is 5.56 Å². The summed E-state index contributed by atoms with van der Waals surface area (Å²) < 4.78 is 26.1. The van der Waals surface area contributed by atoms with E-state index in [1.165, 1.54) is 6.07 Å². The van der Waals surface area contributed by atoms with Crippen molar-refractivity contribution in [2.24, 2.45) is 5.92 Å². The molecule has 1 aromatic carbocycles. The lowest BCUT2D eigenvalue weighted by molar-refractivity contribution is 0.0695. The highest BCUT2D eigenvalue weighted by atomic mass is 19.2. The molecular weight excluding hydrogens is 226 g/mol. The first-order valence-electron chi connectivity index (χ1n) is 5.67. The quantitative estimate of drug-likeness (QED) is 0.881. The highest BCUT2D eigenvalue weighted by molar-refractivity contribution is 5.89. The van der Waals surface area contributed by atoms with Gasteiger partial charge in [-0.15, -0.1) is 0 Å². The minimum atomic E-state index is -1.39. The number of rotatable bonds is 3. The van der Waals surface area contributed by atoms with Gasteiger partial charge in [-0.2, -0.15) is 0 Å². The molecule has 1 aromatic rings. The van der Waals surface area contributed by atoms with Crippen LogP contribution in [-0.4, -0.2) is 23.4 Å².